The maximum Gasteiger partial charge on any atom is 0.141 e. The Hall–Kier alpha value is -0.450. The summed E-state index contributed by atoms with van der Waals surface area (Å²) in [6.45, 7) is 1.98. The van der Waals surface area contributed by atoms with Gasteiger partial charge in [0.1, 0.15) is 5.82 Å². The molecule has 0 fully saturated rings. The van der Waals surface area contributed by atoms with Gasteiger partial charge in [-0.15, -0.1) is 0 Å². The van der Waals surface area contributed by atoms with Crippen molar-refractivity contribution in [1.82, 2.24) is 5.48 Å². The van der Waals surface area contributed by atoms with E-state index in [1.807, 2.05) is 12.4 Å². The molecule has 12 heavy (non-hydrogen) atoms. The molecular weight excluding hydrogens is 225 g/mol. The Morgan fingerprint density at radius 2 is 2.25 bits per heavy atom. The Kier molecular flexibility index (Phi) is 3.20. The maximum atomic E-state index is 13.2. The zero-order valence-corrected chi connectivity index (χ0v) is 8.15. The minimum Gasteiger partial charge on any atom is -0.316 e. The summed E-state index contributed by atoms with van der Waals surface area (Å²) in [4.78, 5) is 0. The lowest BCUT2D eigenvalue weighted by atomic mass is 10.1. The zero-order valence-electron chi connectivity index (χ0n) is 6.56. The molecule has 0 saturated carbocycles. The van der Waals surface area contributed by atoms with E-state index in [0.717, 1.165) is 5.56 Å². The van der Waals surface area contributed by atoms with Crippen molar-refractivity contribution >= 4 is 15.9 Å². The highest BCUT2D eigenvalue weighted by Gasteiger charge is 2.06. The van der Waals surface area contributed by atoms with E-state index in [4.69, 9.17) is 5.21 Å². The first-order chi connectivity index (χ1) is 5.65. The lowest BCUT2D eigenvalue weighted by Gasteiger charge is -2.04. The molecule has 2 N–H and O–H groups in total. The van der Waals surface area contributed by atoms with Crippen molar-refractivity contribution in [2.75, 3.05) is 0 Å². The van der Waals surface area contributed by atoms with Crippen molar-refractivity contribution in [2.45, 2.75) is 13.5 Å². The number of rotatable bonds is 2. The molecule has 1 rings (SSSR count). The summed E-state index contributed by atoms with van der Waals surface area (Å²) >= 11 is 3.08. The first-order valence-corrected chi connectivity index (χ1v) is 4.26. The molecule has 0 saturated heterocycles. The van der Waals surface area contributed by atoms with Crippen LogP contribution >= 0.6 is 15.9 Å². The third-order valence-electron chi connectivity index (χ3n) is 1.52. The molecule has 0 heterocycles. The first-order valence-electron chi connectivity index (χ1n) is 3.46. The van der Waals surface area contributed by atoms with Crippen molar-refractivity contribution in [2.24, 2.45) is 0 Å². The van der Waals surface area contributed by atoms with E-state index in [9.17, 15) is 4.39 Å². The van der Waals surface area contributed by atoms with Crippen molar-refractivity contribution in [3.8, 4) is 0 Å². The second-order valence-corrected chi connectivity index (χ2v) is 3.41. The molecule has 2 nitrogen and oxygen atoms in total. The van der Waals surface area contributed by atoms with Crippen LogP contribution in [0.1, 0.15) is 11.1 Å². The maximum absolute atomic E-state index is 13.2. The normalized spacial score (nSPS) is 10.3. The van der Waals surface area contributed by atoms with Crippen LogP contribution in [0.2, 0.25) is 0 Å². The third-order valence-corrected chi connectivity index (χ3v) is 2.09. The van der Waals surface area contributed by atoms with Gasteiger partial charge in [0.15, 0.2) is 0 Å². The fourth-order valence-electron chi connectivity index (χ4n) is 1.01. The van der Waals surface area contributed by atoms with E-state index in [0.29, 0.717) is 10.0 Å². The molecule has 0 aromatic heterocycles. The number of nitrogens with one attached hydrogen (secondary N) is 1. The Morgan fingerprint density at radius 3 is 2.83 bits per heavy atom. The minimum absolute atomic E-state index is 0.117. The summed E-state index contributed by atoms with van der Waals surface area (Å²) < 4.78 is 13.6. The molecule has 0 amide bonds. The molecule has 0 spiro atoms. The minimum atomic E-state index is -0.331. The number of hydroxylamine groups is 1. The van der Waals surface area contributed by atoms with Crippen LogP contribution in [0.25, 0.3) is 0 Å². The Bertz CT molecular complexity index is 291. The summed E-state index contributed by atoms with van der Waals surface area (Å²) in [5.41, 5.74) is 3.32. The highest BCUT2D eigenvalue weighted by Crippen LogP contribution is 2.20. The molecule has 0 unspecified atom stereocenters. The second kappa shape index (κ2) is 3.98. The van der Waals surface area contributed by atoms with Crippen molar-refractivity contribution in [3.05, 3.63) is 33.5 Å². The van der Waals surface area contributed by atoms with Crippen LogP contribution in [0.4, 0.5) is 4.39 Å². The van der Waals surface area contributed by atoms with Gasteiger partial charge in [-0.25, -0.2) is 9.87 Å². The summed E-state index contributed by atoms with van der Waals surface area (Å²) in [6, 6.07) is 3.37. The van der Waals surface area contributed by atoms with Gasteiger partial charge in [0.05, 0.1) is 4.47 Å². The van der Waals surface area contributed by atoms with Crippen LogP contribution in [0.3, 0.4) is 0 Å². The zero-order chi connectivity index (χ0) is 9.14. The highest BCUT2D eigenvalue weighted by atomic mass is 79.9. The topological polar surface area (TPSA) is 32.3 Å². The van der Waals surface area contributed by atoms with E-state index in [1.165, 1.54) is 0 Å². The fraction of sp³-hybridized carbons (Fsp3) is 0.250. The fourth-order valence-corrected chi connectivity index (χ4v) is 1.63. The lowest BCUT2D eigenvalue weighted by Crippen LogP contribution is -2.08. The van der Waals surface area contributed by atoms with E-state index in [-0.39, 0.29) is 12.4 Å². The van der Waals surface area contributed by atoms with E-state index in [2.05, 4.69) is 15.9 Å². The molecule has 0 bridgehead atoms. The largest absolute Gasteiger partial charge is 0.316 e. The molecule has 66 valence electrons. The predicted molar refractivity (Wildman–Crippen MR) is 47.5 cm³/mol. The monoisotopic (exact) mass is 233 g/mol. The van der Waals surface area contributed by atoms with Crippen LogP contribution in [-0.2, 0) is 6.54 Å². The van der Waals surface area contributed by atoms with Crippen LogP contribution in [0.15, 0.2) is 16.6 Å². The van der Waals surface area contributed by atoms with E-state index < -0.39 is 0 Å². The lowest BCUT2D eigenvalue weighted by molar-refractivity contribution is 0.160. The molecule has 0 aliphatic heterocycles. The van der Waals surface area contributed by atoms with Crippen molar-refractivity contribution < 1.29 is 9.60 Å². The van der Waals surface area contributed by atoms with Gasteiger partial charge in [-0.3, -0.25) is 0 Å². The molecule has 0 aliphatic carbocycles. The molecular formula is C8H9BrFNO. The van der Waals surface area contributed by atoms with Gasteiger partial charge in [0, 0.05) is 12.1 Å². The second-order valence-electron chi connectivity index (χ2n) is 2.55. The third kappa shape index (κ3) is 2.03. The SMILES string of the molecule is Cc1cc(Br)c(F)c(CNO)c1. The molecule has 0 aliphatic rings. The molecule has 1 aromatic carbocycles. The number of hydrogen-bond donors (Lipinski definition) is 2. The molecule has 4 heteroatoms. The summed E-state index contributed by atoms with van der Waals surface area (Å²) in [7, 11) is 0. The van der Waals surface area contributed by atoms with Crippen LogP contribution in [0, 0.1) is 12.7 Å². The Labute approximate surface area is 78.5 Å². The number of halogens is 2. The van der Waals surface area contributed by atoms with Crippen molar-refractivity contribution in [3.63, 3.8) is 0 Å². The summed E-state index contributed by atoms with van der Waals surface area (Å²) in [6.07, 6.45) is 0. The summed E-state index contributed by atoms with van der Waals surface area (Å²) in [5, 5.41) is 8.39. The van der Waals surface area contributed by atoms with Crippen LogP contribution < -0.4 is 5.48 Å². The van der Waals surface area contributed by atoms with E-state index >= 15 is 0 Å². The standard InChI is InChI=1S/C8H9BrFNO/c1-5-2-6(4-11-12)8(10)7(9)3-5/h2-3,11-12H,4H2,1H3. The predicted octanol–water partition coefficient (Wildman–Crippen LogP) is 2.38. The molecule has 1 aromatic rings. The number of benzene rings is 1. The Balaban J connectivity index is 3.09. The van der Waals surface area contributed by atoms with Crippen molar-refractivity contribution in [1.29, 1.82) is 0 Å². The highest BCUT2D eigenvalue weighted by molar-refractivity contribution is 9.10. The quantitative estimate of drug-likeness (QED) is 0.770. The average Bonchev–Trinajstić information content (AvgIpc) is 2.00. The average molecular weight is 234 g/mol. The number of hydrogen-bond acceptors (Lipinski definition) is 2. The Morgan fingerprint density at radius 1 is 1.58 bits per heavy atom. The van der Waals surface area contributed by atoms with Gasteiger partial charge in [-0.05, 0) is 34.5 Å². The van der Waals surface area contributed by atoms with Gasteiger partial charge in [-0.1, -0.05) is 6.07 Å². The summed E-state index contributed by atoms with van der Waals surface area (Å²) in [5.74, 6) is -0.331. The first kappa shape index (κ1) is 9.64. The van der Waals surface area contributed by atoms with Crippen LogP contribution in [-0.4, -0.2) is 5.21 Å². The molecule has 0 atom stereocenters. The van der Waals surface area contributed by atoms with Gasteiger partial charge in [0.25, 0.3) is 0 Å². The van der Waals surface area contributed by atoms with Gasteiger partial charge >= 0.3 is 0 Å². The number of aryl methyl sites for hydroxylation is 1. The van der Waals surface area contributed by atoms with E-state index in [1.54, 1.807) is 12.1 Å². The smallest absolute Gasteiger partial charge is 0.141 e. The van der Waals surface area contributed by atoms with Gasteiger partial charge < -0.3 is 5.21 Å². The van der Waals surface area contributed by atoms with Gasteiger partial charge in [0.2, 0.25) is 0 Å². The van der Waals surface area contributed by atoms with Gasteiger partial charge in [-0.2, -0.15) is 0 Å². The van der Waals surface area contributed by atoms with Crippen LogP contribution in [0.5, 0.6) is 0 Å². The molecule has 0 radical (unpaired) electrons.